The maximum Gasteiger partial charge on any atom is 0.254 e. The first-order chi connectivity index (χ1) is 21.3. The average Bonchev–Trinajstić information content (AvgIpc) is 3.73. The molecule has 44 heavy (non-hydrogen) atoms. The lowest BCUT2D eigenvalue weighted by atomic mass is 9.99. The Kier molecular flexibility index (Phi) is 6.36. The minimum Gasteiger partial charge on any atom is -0.494 e. The molecule has 5 heterocycles. The lowest BCUT2D eigenvalue weighted by Gasteiger charge is -2.40. The first-order valence-corrected chi connectivity index (χ1v) is 15.6. The van der Waals surface area contributed by atoms with E-state index in [2.05, 4.69) is 30.1 Å². The zero-order chi connectivity index (χ0) is 30.3. The summed E-state index contributed by atoms with van der Waals surface area (Å²) in [7, 11) is 3.70. The van der Waals surface area contributed by atoms with Crippen molar-refractivity contribution in [3.63, 3.8) is 0 Å². The quantitative estimate of drug-likeness (QED) is 0.298. The molecule has 8 rings (SSSR count). The maximum atomic E-state index is 13.8. The van der Waals surface area contributed by atoms with Crippen molar-refractivity contribution >= 4 is 45.3 Å². The summed E-state index contributed by atoms with van der Waals surface area (Å²) in [5, 5.41) is 1.77. The van der Waals surface area contributed by atoms with E-state index in [1.54, 1.807) is 7.11 Å². The molecule has 2 unspecified atom stereocenters. The normalized spacial score (nSPS) is 21.5. The second-order valence-corrected chi connectivity index (χ2v) is 13.0. The third-order valence-corrected chi connectivity index (χ3v) is 10.1. The number of methoxy groups -OCH3 is 1. The highest BCUT2D eigenvalue weighted by molar-refractivity contribution is 6.31. The highest BCUT2D eigenvalue weighted by Crippen LogP contribution is 2.40. The van der Waals surface area contributed by atoms with Crippen LogP contribution in [0.4, 0.5) is 5.82 Å². The number of aryl methyl sites for hydroxylation is 2. The van der Waals surface area contributed by atoms with Gasteiger partial charge in [-0.05, 0) is 62.1 Å². The summed E-state index contributed by atoms with van der Waals surface area (Å²) < 4.78 is 10.4. The van der Waals surface area contributed by atoms with E-state index in [1.165, 1.54) is 0 Å². The number of fused-ring (bicyclic) bond motifs is 4. The van der Waals surface area contributed by atoms with E-state index >= 15 is 0 Å². The van der Waals surface area contributed by atoms with E-state index in [0.29, 0.717) is 34.7 Å². The van der Waals surface area contributed by atoms with Crippen molar-refractivity contribution in [2.24, 2.45) is 24.6 Å². The summed E-state index contributed by atoms with van der Waals surface area (Å²) in [6, 6.07) is 14.0. The van der Waals surface area contributed by atoms with Crippen LogP contribution < -0.4 is 15.4 Å². The Morgan fingerprint density at radius 3 is 2.66 bits per heavy atom. The van der Waals surface area contributed by atoms with Crippen LogP contribution in [0.2, 0.25) is 5.02 Å². The van der Waals surface area contributed by atoms with Gasteiger partial charge in [0.15, 0.2) is 5.82 Å². The number of imidazole rings is 1. The number of rotatable bonds is 6. The van der Waals surface area contributed by atoms with Crippen LogP contribution in [0.1, 0.15) is 29.0 Å². The van der Waals surface area contributed by atoms with Gasteiger partial charge in [-0.2, -0.15) is 0 Å². The molecule has 1 amide bonds. The zero-order valence-corrected chi connectivity index (χ0v) is 25.8. The first-order valence-electron chi connectivity index (χ1n) is 15.2. The van der Waals surface area contributed by atoms with Crippen LogP contribution in [0.5, 0.6) is 5.75 Å². The third-order valence-electron chi connectivity index (χ3n) is 9.91. The van der Waals surface area contributed by atoms with Crippen LogP contribution in [0, 0.1) is 18.8 Å². The lowest BCUT2D eigenvalue weighted by molar-refractivity contribution is 0.0700. The Morgan fingerprint density at radius 2 is 1.93 bits per heavy atom. The van der Waals surface area contributed by atoms with Gasteiger partial charge in [-0.15, -0.1) is 0 Å². The Balaban J connectivity index is 1.21. The largest absolute Gasteiger partial charge is 0.494 e. The summed E-state index contributed by atoms with van der Waals surface area (Å²) in [5.41, 5.74) is 10.7. The summed E-state index contributed by atoms with van der Waals surface area (Å²) in [5.74, 6) is 3.94. The van der Waals surface area contributed by atoms with Crippen LogP contribution in [0.25, 0.3) is 33.5 Å². The number of ether oxygens (including phenoxy) is 1. The minimum atomic E-state index is -0.00187. The molecular formula is C33H35ClN8O2. The summed E-state index contributed by atoms with van der Waals surface area (Å²) in [6.07, 6.45) is 3.87. The van der Waals surface area contributed by atoms with E-state index in [0.717, 1.165) is 77.6 Å². The van der Waals surface area contributed by atoms with Crippen molar-refractivity contribution in [2.75, 3.05) is 31.6 Å². The van der Waals surface area contributed by atoms with Crippen LogP contribution in [-0.2, 0) is 13.6 Å². The predicted molar refractivity (Wildman–Crippen MR) is 171 cm³/mol. The predicted octanol–water partition coefficient (Wildman–Crippen LogP) is 4.65. The molecule has 3 aromatic heterocycles. The Bertz CT molecular complexity index is 1940. The zero-order valence-electron chi connectivity index (χ0n) is 25.1. The highest BCUT2D eigenvalue weighted by atomic mass is 35.5. The molecule has 0 spiro atoms. The van der Waals surface area contributed by atoms with Gasteiger partial charge in [-0.3, -0.25) is 4.79 Å². The molecule has 10 nitrogen and oxygen atoms in total. The second-order valence-electron chi connectivity index (χ2n) is 12.6. The molecule has 1 saturated carbocycles. The Labute approximate surface area is 260 Å². The first kappa shape index (κ1) is 27.4. The number of hydrogen-bond donors (Lipinski definition) is 1. The van der Waals surface area contributed by atoms with Gasteiger partial charge in [0.25, 0.3) is 5.91 Å². The van der Waals surface area contributed by atoms with Gasteiger partial charge in [-0.25, -0.2) is 15.0 Å². The van der Waals surface area contributed by atoms with Crippen molar-refractivity contribution in [1.82, 2.24) is 29.0 Å². The molecule has 2 N–H and O–H groups in total. The number of nitrogens with zero attached hydrogens (tertiary/aromatic N) is 7. The van der Waals surface area contributed by atoms with E-state index in [4.69, 9.17) is 27.1 Å². The number of hydrogen-bond acceptors (Lipinski definition) is 7. The lowest BCUT2D eigenvalue weighted by Crippen LogP contribution is -2.49. The van der Waals surface area contributed by atoms with Gasteiger partial charge in [0, 0.05) is 78.9 Å². The molecule has 1 aliphatic carbocycles. The molecule has 2 aliphatic heterocycles. The molecule has 11 heteroatoms. The Morgan fingerprint density at radius 1 is 1.09 bits per heavy atom. The third kappa shape index (κ3) is 4.26. The average molecular weight is 611 g/mol. The molecule has 0 radical (unpaired) electrons. The number of aromatic nitrogens is 5. The fraction of sp³-hybridized carbons (Fsp3) is 0.394. The van der Waals surface area contributed by atoms with Gasteiger partial charge < -0.3 is 29.4 Å². The molecule has 3 atom stereocenters. The van der Waals surface area contributed by atoms with Gasteiger partial charge in [0.05, 0.1) is 18.3 Å². The van der Waals surface area contributed by atoms with E-state index in [9.17, 15) is 4.79 Å². The number of likely N-dealkylation sites (tertiary alicyclic amines) is 1. The van der Waals surface area contributed by atoms with Gasteiger partial charge in [-0.1, -0.05) is 17.7 Å². The molecule has 226 valence electrons. The van der Waals surface area contributed by atoms with Gasteiger partial charge >= 0.3 is 0 Å². The fourth-order valence-corrected chi connectivity index (χ4v) is 7.76. The number of nitrogens with two attached hydrogens (primary N) is 1. The number of carbonyl (C=O) groups excluding carboxylic acids is 1. The molecule has 2 aromatic carbocycles. The smallest absolute Gasteiger partial charge is 0.254 e. The fourth-order valence-electron chi connectivity index (χ4n) is 7.60. The SMILES string of the molecule is COc1cc(C(=O)N2CC3CCC2[C@@H]3N)cc2nc(-c3cc4ccc(Cl)cc4n3C)n(CC3CN(c4ccnc(C)n4)C3)c12. The monoisotopic (exact) mass is 610 g/mol. The topological polar surface area (TPSA) is 107 Å². The van der Waals surface area contributed by atoms with Crippen molar-refractivity contribution in [3.8, 4) is 17.3 Å². The molecule has 2 bridgehead atoms. The number of anilines is 1. The summed E-state index contributed by atoms with van der Waals surface area (Å²) in [6.45, 7) is 5.11. The number of piperidine rings is 1. The van der Waals surface area contributed by atoms with E-state index in [-0.39, 0.29) is 18.0 Å². The summed E-state index contributed by atoms with van der Waals surface area (Å²) in [4.78, 5) is 32.1. The van der Waals surface area contributed by atoms with Crippen molar-refractivity contribution in [1.29, 1.82) is 0 Å². The van der Waals surface area contributed by atoms with Crippen LogP contribution in [0.15, 0.2) is 48.7 Å². The Hall–Kier alpha value is -4.15. The standard InChI is InChI=1S/C33H35ClN8O2/c1-18-36-9-8-29(37-18)40-14-19(15-40)16-42-31-24(38-32(42)27-11-20-4-6-23(34)13-26(20)39(27)2)10-22(12-28(31)44-3)33(43)41-17-21-5-7-25(41)30(21)35/h4,6,8-13,19,21,25,30H,5,7,14-17,35H2,1-3H3/t21?,25?,30-/m1/s1. The van der Waals surface area contributed by atoms with Crippen molar-refractivity contribution in [2.45, 2.75) is 38.4 Å². The molecular weight excluding hydrogens is 576 g/mol. The van der Waals surface area contributed by atoms with Crippen LogP contribution >= 0.6 is 11.6 Å². The van der Waals surface area contributed by atoms with E-state index in [1.807, 2.05) is 61.5 Å². The molecule has 2 saturated heterocycles. The molecule has 3 fully saturated rings. The molecule has 3 aliphatic rings. The number of benzene rings is 2. The van der Waals surface area contributed by atoms with Gasteiger partial charge in [0.2, 0.25) is 0 Å². The number of amides is 1. The highest BCUT2D eigenvalue weighted by Gasteiger charge is 2.47. The minimum absolute atomic E-state index is 0.00187. The summed E-state index contributed by atoms with van der Waals surface area (Å²) >= 11 is 6.38. The van der Waals surface area contributed by atoms with Crippen LogP contribution in [-0.4, -0.2) is 73.7 Å². The number of halogens is 1. The maximum absolute atomic E-state index is 13.8. The number of carbonyl (C=O) groups is 1. The van der Waals surface area contributed by atoms with Crippen molar-refractivity contribution < 1.29 is 9.53 Å². The molecule has 5 aromatic rings. The second kappa shape index (κ2) is 10.2. The van der Waals surface area contributed by atoms with Crippen molar-refractivity contribution in [3.05, 3.63) is 65.1 Å². The van der Waals surface area contributed by atoms with Gasteiger partial charge in [0.1, 0.15) is 22.9 Å². The van der Waals surface area contributed by atoms with Crippen LogP contribution in [0.3, 0.4) is 0 Å². The van der Waals surface area contributed by atoms with E-state index < -0.39 is 0 Å².